The Morgan fingerprint density at radius 1 is 1.36 bits per heavy atom. The van der Waals surface area contributed by atoms with Gasteiger partial charge >= 0.3 is 5.97 Å². The number of carbonyl (C=O) groups excluding carboxylic acids is 1. The number of amides is 1. The Balaban J connectivity index is 1.88. The fourth-order valence-electron chi connectivity index (χ4n) is 1.96. The average molecular weight is 198 g/mol. The summed E-state index contributed by atoms with van der Waals surface area (Å²) in [6, 6.07) is 0.0704. The zero-order chi connectivity index (χ0) is 10.3. The van der Waals surface area contributed by atoms with Crippen molar-refractivity contribution in [3.63, 3.8) is 0 Å². The van der Waals surface area contributed by atoms with Gasteiger partial charge in [-0.1, -0.05) is 0 Å². The van der Waals surface area contributed by atoms with Crippen LogP contribution in [0.3, 0.4) is 0 Å². The van der Waals surface area contributed by atoms with Crippen LogP contribution < -0.4 is 5.73 Å². The first-order valence-corrected chi connectivity index (χ1v) is 4.86. The van der Waals surface area contributed by atoms with Crippen molar-refractivity contribution in [2.24, 2.45) is 17.6 Å². The summed E-state index contributed by atoms with van der Waals surface area (Å²) in [5, 5.41) is 8.67. The highest BCUT2D eigenvalue weighted by Gasteiger charge is 2.50. The molecule has 1 heterocycles. The number of rotatable bonds is 2. The third-order valence-corrected chi connectivity index (χ3v) is 2.96. The summed E-state index contributed by atoms with van der Waals surface area (Å²) in [6.45, 7) is 1.27. The fourth-order valence-corrected chi connectivity index (χ4v) is 1.96. The zero-order valence-corrected chi connectivity index (χ0v) is 7.85. The van der Waals surface area contributed by atoms with Crippen LogP contribution in [-0.2, 0) is 9.59 Å². The lowest BCUT2D eigenvalue weighted by molar-refractivity contribution is -0.141. The molecular weight excluding hydrogens is 184 g/mol. The van der Waals surface area contributed by atoms with E-state index in [1.165, 1.54) is 0 Å². The molecule has 2 rings (SSSR count). The monoisotopic (exact) mass is 198 g/mol. The van der Waals surface area contributed by atoms with Crippen LogP contribution in [-0.4, -0.2) is 41.0 Å². The Morgan fingerprint density at radius 2 is 2.07 bits per heavy atom. The molecule has 0 radical (unpaired) electrons. The first kappa shape index (κ1) is 9.45. The van der Waals surface area contributed by atoms with Gasteiger partial charge in [0.05, 0.1) is 11.8 Å². The van der Waals surface area contributed by atoms with Crippen molar-refractivity contribution in [3.8, 4) is 0 Å². The van der Waals surface area contributed by atoms with Crippen LogP contribution in [0, 0.1) is 11.8 Å². The second-order valence-electron chi connectivity index (χ2n) is 4.12. The van der Waals surface area contributed by atoms with Gasteiger partial charge in [-0.05, 0) is 12.8 Å². The Labute approximate surface area is 81.9 Å². The van der Waals surface area contributed by atoms with Crippen molar-refractivity contribution in [1.82, 2.24) is 4.90 Å². The molecule has 1 saturated carbocycles. The number of carboxylic acids is 1. The van der Waals surface area contributed by atoms with Crippen LogP contribution in [0.25, 0.3) is 0 Å². The third-order valence-electron chi connectivity index (χ3n) is 2.96. The first-order chi connectivity index (χ1) is 6.59. The van der Waals surface area contributed by atoms with Crippen molar-refractivity contribution in [2.75, 3.05) is 13.1 Å². The van der Waals surface area contributed by atoms with Crippen LogP contribution in [0.2, 0.25) is 0 Å². The summed E-state index contributed by atoms with van der Waals surface area (Å²) < 4.78 is 0. The molecule has 14 heavy (non-hydrogen) atoms. The molecule has 0 aromatic heterocycles. The molecule has 2 fully saturated rings. The van der Waals surface area contributed by atoms with E-state index in [-0.39, 0.29) is 17.9 Å². The third kappa shape index (κ3) is 1.59. The highest BCUT2D eigenvalue weighted by atomic mass is 16.4. The van der Waals surface area contributed by atoms with Crippen molar-refractivity contribution < 1.29 is 14.7 Å². The van der Waals surface area contributed by atoms with Crippen LogP contribution in [0.4, 0.5) is 0 Å². The summed E-state index contributed by atoms with van der Waals surface area (Å²) in [6.07, 6.45) is 1.33. The molecule has 3 N–H and O–H groups in total. The van der Waals surface area contributed by atoms with Crippen LogP contribution >= 0.6 is 0 Å². The van der Waals surface area contributed by atoms with Crippen molar-refractivity contribution >= 4 is 11.9 Å². The predicted molar refractivity (Wildman–Crippen MR) is 48.4 cm³/mol. The Morgan fingerprint density at radius 3 is 2.50 bits per heavy atom. The number of nitrogens with two attached hydrogens (primary N) is 1. The lowest BCUT2D eigenvalue weighted by Crippen LogP contribution is -2.33. The molecule has 3 unspecified atom stereocenters. The highest BCUT2D eigenvalue weighted by Crippen LogP contribution is 2.40. The van der Waals surface area contributed by atoms with Gasteiger partial charge in [0, 0.05) is 19.1 Å². The molecule has 0 bridgehead atoms. The minimum absolute atomic E-state index is 0.0228. The molecule has 78 valence electrons. The van der Waals surface area contributed by atoms with Crippen molar-refractivity contribution in [1.29, 1.82) is 0 Å². The molecule has 5 heteroatoms. The number of hydrogen-bond acceptors (Lipinski definition) is 3. The quantitative estimate of drug-likeness (QED) is 0.612. The highest BCUT2D eigenvalue weighted by molar-refractivity contribution is 5.89. The van der Waals surface area contributed by atoms with Gasteiger partial charge in [0.15, 0.2) is 0 Å². The number of carboxylic acid groups (broad SMARTS) is 1. The van der Waals surface area contributed by atoms with E-state index in [4.69, 9.17) is 10.8 Å². The molecule has 1 amide bonds. The van der Waals surface area contributed by atoms with Gasteiger partial charge in [0.25, 0.3) is 0 Å². The molecule has 0 aromatic carbocycles. The number of likely N-dealkylation sites (tertiary alicyclic amines) is 1. The van der Waals surface area contributed by atoms with E-state index in [0.717, 1.165) is 6.42 Å². The molecule has 1 saturated heterocycles. The largest absolute Gasteiger partial charge is 0.481 e. The lowest BCUT2D eigenvalue weighted by Gasteiger charge is -2.15. The van der Waals surface area contributed by atoms with Gasteiger partial charge < -0.3 is 15.7 Å². The van der Waals surface area contributed by atoms with E-state index in [0.29, 0.717) is 19.5 Å². The summed E-state index contributed by atoms with van der Waals surface area (Å²) in [7, 11) is 0. The van der Waals surface area contributed by atoms with E-state index in [1.807, 2.05) is 0 Å². The van der Waals surface area contributed by atoms with E-state index < -0.39 is 11.9 Å². The van der Waals surface area contributed by atoms with Gasteiger partial charge in [-0.15, -0.1) is 0 Å². The maximum atomic E-state index is 11.7. The van der Waals surface area contributed by atoms with Crippen LogP contribution in [0.1, 0.15) is 12.8 Å². The summed E-state index contributed by atoms with van der Waals surface area (Å²) in [5.74, 6) is -1.60. The maximum Gasteiger partial charge on any atom is 0.307 e. The number of aliphatic carboxylic acids is 1. The summed E-state index contributed by atoms with van der Waals surface area (Å²) in [4.78, 5) is 23.9. The minimum atomic E-state index is -0.855. The number of hydrogen-bond donors (Lipinski definition) is 2. The second kappa shape index (κ2) is 3.24. The van der Waals surface area contributed by atoms with Crippen LogP contribution in [0.5, 0.6) is 0 Å². The molecule has 1 aliphatic carbocycles. The first-order valence-electron chi connectivity index (χ1n) is 4.86. The Bertz CT molecular complexity index is 279. The van der Waals surface area contributed by atoms with Gasteiger partial charge in [-0.3, -0.25) is 9.59 Å². The molecule has 0 spiro atoms. The Hall–Kier alpha value is -1.10. The topological polar surface area (TPSA) is 83.6 Å². The number of carbonyl (C=O) groups is 2. The number of nitrogens with zero attached hydrogens (tertiary/aromatic N) is 1. The predicted octanol–water partition coefficient (Wildman–Crippen LogP) is -0.733. The van der Waals surface area contributed by atoms with Crippen molar-refractivity contribution in [2.45, 2.75) is 18.9 Å². The fraction of sp³-hybridized carbons (Fsp3) is 0.778. The maximum absolute atomic E-state index is 11.7. The van der Waals surface area contributed by atoms with E-state index in [2.05, 4.69) is 0 Å². The minimum Gasteiger partial charge on any atom is -0.481 e. The van der Waals surface area contributed by atoms with Crippen molar-refractivity contribution in [3.05, 3.63) is 0 Å². The molecule has 5 nitrogen and oxygen atoms in total. The van der Waals surface area contributed by atoms with E-state index in [9.17, 15) is 9.59 Å². The zero-order valence-electron chi connectivity index (χ0n) is 7.85. The molecular formula is C9H14N2O3. The SMILES string of the molecule is NC1CCN(C(=O)C2CC2C(=O)O)C1. The molecule has 1 aliphatic heterocycles. The van der Waals surface area contributed by atoms with Crippen LogP contribution in [0.15, 0.2) is 0 Å². The van der Waals surface area contributed by atoms with Gasteiger partial charge in [0.1, 0.15) is 0 Å². The molecule has 0 aromatic rings. The second-order valence-corrected chi connectivity index (χ2v) is 4.12. The smallest absolute Gasteiger partial charge is 0.307 e. The Kier molecular flexibility index (Phi) is 2.19. The molecule has 3 atom stereocenters. The lowest BCUT2D eigenvalue weighted by atomic mass is 10.3. The van der Waals surface area contributed by atoms with Gasteiger partial charge in [-0.2, -0.15) is 0 Å². The van der Waals surface area contributed by atoms with Gasteiger partial charge in [-0.25, -0.2) is 0 Å². The standard InChI is InChI=1S/C9H14N2O3/c10-5-1-2-11(4-5)8(12)6-3-7(6)9(13)14/h5-7H,1-4,10H2,(H,13,14). The summed E-state index contributed by atoms with van der Waals surface area (Å²) >= 11 is 0. The average Bonchev–Trinajstić information content (AvgIpc) is 2.82. The summed E-state index contributed by atoms with van der Waals surface area (Å²) in [5.41, 5.74) is 5.67. The van der Waals surface area contributed by atoms with E-state index >= 15 is 0 Å². The normalized spacial score (nSPS) is 35.8. The molecule has 2 aliphatic rings. The van der Waals surface area contributed by atoms with E-state index in [1.54, 1.807) is 4.90 Å². The van der Waals surface area contributed by atoms with Gasteiger partial charge in [0.2, 0.25) is 5.91 Å².